The molecule has 126 valence electrons. The Labute approximate surface area is 143 Å². The second kappa shape index (κ2) is 10.4. The summed E-state index contributed by atoms with van der Waals surface area (Å²) in [5.74, 6) is 0.944. The van der Waals surface area contributed by atoms with Crippen LogP contribution in [0.2, 0.25) is 0 Å². The van der Waals surface area contributed by atoms with Crippen LogP contribution in [0, 0.1) is 6.92 Å². The van der Waals surface area contributed by atoms with Gasteiger partial charge in [-0.2, -0.15) is 0 Å². The van der Waals surface area contributed by atoms with Crippen LogP contribution < -0.4 is 10.1 Å². The van der Waals surface area contributed by atoms with Gasteiger partial charge < -0.3 is 15.0 Å². The van der Waals surface area contributed by atoms with E-state index in [-0.39, 0.29) is 0 Å². The third-order valence-electron chi connectivity index (χ3n) is 3.76. The summed E-state index contributed by atoms with van der Waals surface area (Å²) in [6.45, 7) is 10.7. The first kappa shape index (κ1) is 17.9. The third kappa shape index (κ3) is 6.69. The zero-order valence-electron chi connectivity index (χ0n) is 14.1. The molecule has 0 aliphatic carbocycles. The molecule has 0 atom stereocenters. The van der Waals surface area contributed by atoms with Gasteiger partial charge in [0.15, 0.2) is 0 Å². The van der Waals surface area contributed by atoms with Crippen molar-refractivity contribution in [2.45, 2.75) is 20.3 Å². The van der Waals surface area contributed by atoms with Gasteiger partial charge in [-0.3, -0.25) is 0 Å². The largest absolute Gasteiger partial charge is 0.494 e. The molecule has 1 fully saturated rings. The van der Waals surface area contributed by atoms with Gasteiger partial charge in [-0.15, -0.1) is 11.3 Å². The number of ether oxygens (including phenoxy) is 1. The average molecular weight is 334 g/mol. The molecule has 1 aliphatic heterocycles. The molecule has 2 heterocycles. The molecule has 1 aliphatic rings. The summed E-state index contributed by atoms with van der Waals surface area (Å²) >= 11 is 1.78. The maximum atomic E-state index is 5.21. The highest BCUT2D eigenvalue weighted by atomic mass is 32.1. The summed E-state index contributed by atoms with van der Waals surface area (Å²) < 4.78 is 5.21. The van der Waals surface area contributed by atoms with Gasteiger partial charge in [0.2, 0.25) is 0 Å². The van der Waals surface area contributed by atoms with Gasteiger partial charge in [0.25, 0.3) is 0 Å². The van der Waals surface area contributed by atoms with Gasteiger partial charge >= 0.3 is 0 Å². The van der Waals surface area contributed by atoms with Gasteiger partial charge in [-0.05, 0) is 32.4 Å². The van der Waals surface area contributed by atoms with Gasteiger partial charge in [0, 0.05) is 37.6 Å². The summed E-state index contributed by atoms with van der Waals surface area (Å²) in [6.07, 6.45) is 1.16. The van der Waals surface area contributed by atoms with Crippen LogP contribution in [-0.2, 0) is 6.42 Å². The average Bonchev–Trinajstić information content (AvgIpc) is 3.01. The molecule has 0 unspecified atom stereocenters. The zero-order valence-corrected chi connectivity index (χ0v) is 14.9. The minimum absolute atomic E-state index is 0.740. The Hall–Kier alpha value is -1.43. The molecule has 23 heavy (non-hydrogen) atoms. The predicted octanol–water partition coefficient (Wildman–Crippen LogP) is 2.98. The number of hydrogen-bond donors (Lipinski definition) is 1. The van der Waals surface area contributed by atoms with Gasteiger partial charge in [0.1, 0.15) is 5.75 Å². The molecule has 2 aromatic rings. The first-order chi connectivity index (χ1) is 11.3. The highest BCUT2D eigenvalue weighted by Gasteiger charge is 2.10. The molecular weight excluding hydrogens is 306 g/mol. The number of aromatic nitrogens is 1. The monoisotopic (exact) mass is 333 g/mol. The van der Waals surface area contributed by atoms with Crippen LogP contribution in [0.25, 0.3) is 0 Å². The predicted molar refractivity (Wildman–Crippen MR) is 97.5 cm³/mol. The molecular formula is C18H27N3OS. The molecule has 3 rings (SSSR count). The van der Waals surface area contributed by atoms with Crippen LogP contribution in [0.5, 0.6) is 5.75 Å². The van der Waals surface area contributed by atoms with Crippen molar-refractivity contribution in [2.75, 3.05) is 39.3 Å². The van der Waals surface area contributed by atoms with Gasteiger partial charge in [0.05, 0.1) is 17.8 Å². The standard InChI is InChI=1S/C10H17N3S.C8H10O/c1-9-10(14-8-12-9)2-5-13-6-3-11-4-7-13;1-2-9-8-6-4-3-5-7-8/h8,11H,2-7H2,1H3;3-7H,2H2,1H3. The maximum Gasteiger partial charge on any atom is 0.119 e. The number of rotatable bonds is 5. The fraction of sp³-hybridized carbons (Fsp3) is 0.500. The summed E-state index contributed by atoms with van der Waals surface area (Å²) in [6, 6.07) is 9.80. The quantitative estimate of drug-likeness (QED) is 0.913. The number of piperazine rings is 1. The van der Waals surface area contributed by atoms with Crippen LogP contribution in [-0.4, -0.2) is 49.2 Å². The van der Waals surface area contributed by atoms with Crippen LogP contribution >= 0.6 is 11.3 Å². The van der Waals surface area contributed by atoms with E-state index in [0.717, 1.165) is 31.9 Å². The van der Waals surface area contributed by atoms with Crippen molar-refractivity contribution in [1.82, 2.24) is 15.2 Å². The highest BCUT2D eigenvalue weighted by Crippen LogP contribution is 2.13. The first-order valence-corrected chi connectivity index (χ1v) is 9.17. The SMILES string of the molecule is CCOc1ccccc1.Cc1ncsc1CCN1CCNCC1. The number of nitrogens with one attached hydrogen (secondary N) is 1. The van der Waals surface area contributed by atoms with Crippen molar-refractivity contribution in [2.24, 2.45) is 0 Å². The number of hydrogen-bond acceptors (Lipinski definition) is 5. The molecule has 4 nitrogen and oxygen atoms in total. The van der Waals surface area contributed by atoms with E-state index in [1.54, 1.807) is 11.3 Å². The van der Waals surface area contributed by atoms with Crippen molar-refractivity contribution >= 4 is 11.3 Å². The van der Waals surface area contributed by atoms with E-state index in [1.165, 1.54) is 30.2 Å². The van der Waals surface area contributed by atoms with Crippen molar-refractivity contribution < 1.29 is 4.74 Å². The van der Waals surface area contributed by atoms with Gasteiger partial charge in [-0.25, -0.2) is 4.98 Å². The number of aryl methyl sites for hydroxylation is 1. The lowest BCUT2D eigenvalue weighted by atomic mass is 10.2. The lowest BCUT2D eigenvalue weighted by Gasteiger charge is -2.26. The number of thiazole rings is 1. The first-order valence-electron chi connectivity index (χ1n) is 8.29. The van der Waals surface area contributed by atoms with E-state index in [1.807, 2.05) is 42.8 Å². The smallest absolute Gasteiger partial charge is 0.119 e. The summed E-state index contributed by atoms with van der Waals surface area (Å²) in [4.78, 5) is 8.24. The minimum atomic E-state index is 0.740. The van der Waals surface area contributed by atoms with E-state index in [2.05, 4.69) is 22.1 Å². The highest BCUT2D eigenvalue weighted by molar-refractivity contribution is 7.09. The number of benzene rings is 1. The van der Waals surface area contributed by atoms with Crippen LogP contribution in [0.3, 0.4) is 0 Å². The molecule has 1 N–H and O–H groups in total. The molecule has 0 radical (unpaired) electrons. The molecule has 5 heteroatoms. The minimum Gasteiger partial charge on any atom is -0.494 e. The van der Waals surface area contributed by atoms with Gasteiger partial charge in [-0.1, -0.05) is 18.2 Å². The fourth-order valence-corrected chi connectivity index (χ4v) is 3.21. The van der Waals surface area contributed by atoms with Crippen LogP contribution in [0.4, 0.5) is 0 Å². The third-order valence-corrected chi connectivity index (χ3v) is 4.76. The molecule has 0 saturated carbocycles. The zero-order chi connectivity index (χ0) is 16.3. The summed E-state index contributed by atoms with van der Waals surface area (Å²) in [7, 11) is 0. The lowest BCUT2D eigenvalue weighted by Crippen LogP contribution is -2.44. The van der Waals surface area contributed by atoms with E-state index in [4.69, 9.17) is 4.74 Å². The van der Waals surface area contributed by atoms with Crippen LogP contribution in [0.1, 0.15) is 17.5 Å². The molecule has 0 spiro atoms. The van der Waals surface area contributed by atoms with Crippen molar-refractivity contribution in [1.29, 1.82) is 0 Å². The Bertz CT molecular complexity index is 538. The number of nitrogens with zero attached hydrogens (tertiary/aromatic N) is 2. The molecule has 0 bridgehead atoms. The maximum absolute atomic E-state index is 5.21. The molecule has 1 saturated heterocycles. The second-order valence-electron chi connectivity index (χ2n) is 5.45. The summed E-state index contributed by atoms with van der Waals surface area (Å²) in [5, 5.41) is 3.37. The van der Waals surface area contributed by atoms with E-state index < -0.39 is 0 Å². The Balaban J connectivity index is 0.000000185. The van der Waals surface area contributed by atoms with Crippen molar-refractivity contribution in [3.63, 3.8) is 0 Å². The molecule has 1 aromatic heterocycles. The second-order valence-corrected chi connectivity index (χ2v) is 6.39. The summed E-state index contributed by atoms with van der Waals surface area (Å²) in [5.41, 5.74) is 3.16. The Morgan fingerprint density at radius 3 is 2.57 bits per heavy atom. The Kier molecular flexibility index (Phi) is 8.07. The van der Waals surface area contributed by atoms with Crippen LogP contribution in [0.15, 0.2) is 35.8 Å². The normalized spacial score (nSPS) is 14.9. The molecule has 0 amide bonds. The molecule has 1 aromatic carbocycles. The number of para-hydroxylation sites is 1. The Morgan fingerprint density at radius 2 is 1.96 bits per heavy atom. The van der Waals surface area contributed by atoms with Crippen molar-refractivity contribution in [3.8, 4) is 5.75 Å². The van der Waals surface area contributed by atoms with E-state index in [9.17, 15) is 0 Å². The van der Waals surface area contributed by atoms with E-state index in [0.29, 0.717) is 0 Å². The van der Waals surface area contributed by atoms with Crippen molar-refractivity contribution in [3.05, 3.63) is 46.4 Å². The Morgan fingerprint density at radius 1 is 1.22 bits per heavy atom. The van der Waals surface area contributed by atoms with E-state index >= 15 is 0 Å². The fourth-order valence-electron chi connectivity index (χ4n) is 2.44. The topological polar surface area (TPSA) is 37.4 Å². The lowest BCUT2D eigenvalue weighted by molar-refractivity contribution is 0.244.